The maximum absolute atomic E-state index is 15.4. The number of ether oxygens (including phenoxy) is 3. The Morgan fingerprint density at radius 2 is 1.62 bits per heavy atom. The standard InChI is InChI=1S/C29H34FNO7S/c1-31(19-22-13-15-24(36-2)16-14-22)39(34,35)27(17-18-32)29(28(33)37-3,25-11-7-8-12-26(25)30)21-38-20-23-9-5-4-6-10-23/h4-16,27,32H,17-21H2,1-3H3. The molecule has 0 aromatic heterocycles. The highest BCUT2D eigenvalue weighted by molar-refractivity contribution is 7.89. The van der Waals surface area contributed by atoms with E-state index in [9.17, 15) is 18.3 Å². The Morgan fingerprint density at radius 1 is 0.974 bits per heavy atom. The zero-order chi connectivity index (χ0) is 28.5. The molecular formula is C29H34FNO7S. The van der Waals surface area contributed by atoms with Gasteiger partial charge in [0.1, 0.15) is 22.2 Å². The highest BCUT2D eigenvalue weighted by Gasteiger charge is 2.56. The van der Waals surface area contributed by atoms with Crippen LogP contribution in [0.15, 0.2) is 78.9 Å². The second kappa shape index (κ2) is 13.7. The lowest BCUT2D eigenvalue weighted by Crippen LogP contribution is -2.57. The minimum Gasteiger partial charge on any atom is -0.497 e. The molecule has 8 nitrogen and oxygen atoms in total. The average Bonchev–Trinajstić information content (AvgIpc) is 2.95. The van der Waals surface area contributed by atoms with E-state index in [2.05, 4.69) is 0 Å². The van der Waals surface area contributed by atoms with Gasteiger partial charge in [-0.1, -0.05) is 60.7 Å². The lowest BCUT2D eigenvalue weighted by atomic mass is 9.76. The molecule has 0 aliphatic heterocycles. The molecule has 0 aliphatic carbocycles. The summed E-state index contributed by atoms with van der Waals surface area (Å²) in [7, 11) is -0.344. The maximum Gasteiger partial charge on any atom is 0.320 e. The van der Waals surface area contributed by atoms with E-state index in [1.165, 1.54) is 32.4 Å². The number of hydrogen-bond acceptors (Lipinski definition) is 7. The Kier molecular flexibility index (Phi) is 10.6. The van der Waals surface area contributed by atoms with Crippen LogP contribution in [0.1, 0.15) is 23.1 Å². The van der Waals surface area contributed by atoms with Crippen LogP contribution < -0.4 is 4.74 Å². The van der Waals surface area contributed by atoms with E-state index >= 15 is 4.39 Å². The van der Waals surface area contributed by atoms with Crippen molar-refractivity contribution in [3.05, 3.63) is 101 Å². The van der Waals surface area contributed by atoms with Crippen molar-refractivity contribution < 1.29 is 36.9 Å². The first kappa shape index (κ1) is 30.2. The molecule has 0 saturated heterocycles. The molecule has 10 heteroatoms. The van der Waals surface area contributed by atoms with E-state index in [0.29, 0.717) is 11.3 Å². The van der Waals surface area contributed by atoms with Gasteiger partial charge in [-0.2, -0.15) is 0 Å². The van der Waals surface area contributed by atoms with E-state index in [1.54, 1.807) is 24.3 Å². The van der Waals surface area contributed by atoms with E-state index in [1.807, 2.05) is 30.3 Å². The second-order valence-corrected chi connectivity index (χ2v) is 11.3. The summed E-state index contributed by atoms with van der Waals surface area (Å²) in [6, 6.07) is 21.4. The van der Waals surface area contributed by atoms with Gasteiger partial charge in [-0.3, -0.25) is 4.79 Å². The van der Waals surface area contributed by atoms with Crippen LogP contribution in [0.2, 0.25) is 0 Å². The smallest absolute Gasteiger partial charge is 0.320 e. The normalized spacial score (nSPS) is 14.0. The first-order valence-corrected chi connectivity index (χ1v) is 13.8. The highest BCUT2D eigenvalue weighted by Crippen LogP contribution is 2.39. The summed E-state index contributed by atoms with van der Waals surface area (Å²) >= 11 is 0. The lowest BCUT2D eigenvalue weighted by Gasteiger charge is -2.39. The quantitative estimate of drug-likeness (QED) is 0.301. The van der Waals surface area contributed by atoms with Crippen molar-refractivity contribution in [3.8, 4) is 5.75 Å². The fourth-order valence-electron chi connectivity index (χ4n) is 4.62. The van der Waals surface area contributed by atoms with E-state index < -0.39 is 45.7 Å². The molecule has 39 heavy (non-hydrogen) atoms. The van der Waals surface area contributed by atoms with Crippen molar-refractivity contribution >= 4 is 16.0 Å². The molecule has 2 unspecified atom stereocenters. The number of rotatable bonds is 14. The molecule has 0 amide bonds. The van der Waals surface area contributed by atoms with Crippen molar-refractivity contribution in [3.63, 3.8) is 0 Å². The Hall–Kier alpha value is -3.31. The van der Waals surface area contributed by atoms with Crippen LogP contribution in [0.4, 0.5) is 4.39 Å². The van der Waals surface area contributed by atoms with Gasteiger partial charge in [0.05, 0.1) is 27.4 Å². The number of aliphatic hydroxyl groups is 1. The third-order valence-electron chi connectivity index (χ3n) is 6.64. The van der Waals surface area contributed by atoms with Crippen molar-refractivity contribution in [1.29, 1.82) is 0 Å². The average molecular weight is 560 g/mol. The van der Waals surface area contributed by atoms with Gasteiger partial charge in [0, 0.05) is 25.8 Å². The van der Waals surface area contributed by atoms with Gasteiger partial charge in [-0.25, -0.2) is 17.1 Å². The van der Waals surface area contributed by atoms with Gasteiger partial charge < -0.3 is 19.3 Å². The molecule has 0 radical (unpaired) electrons. The molecule has 0 fully saturated rings. The molecule has 3 rings (SSSR count). The van der Waals surface area contributed by atoms with Gasteiger partial charge in [0.15, 0.2) is 0 Å². The number of sulfonamides is 1. The Bertz CT molecular complexity index is 1320. The first-order valence-electron chi connectivity index (χ1n) is 12.3. The first-order chi connectivity index (χ1) is 18.7. The molecular weight excluding hydrogens is 525 g/mol. The van der Waals surface area contributed by atoms with E-state index in [-0.39, 0.29) is 25.1 Å². The molecule has 0 saturated carbocycles. The van der Waals surface area contributed by atoms with Crippen LogP contribution in [-0.2, 0) is 42.9 Å². The molecule has 0 spiro atoms. The van der Waals surface area contributed by atoms with Crippen molar-refractivity contribution in [2.45, 2.75) is 30.2 Å². The van der Waals surface area contributed by atoms with Crippen LogP contribution >= 0.6 is 0 Å². The SMILES string of the molecule is COC(=O)C(COCc1ccccc1)(c1ccccc1F)C(CCO)S(=O)(=O)N(C)Cc1ccc(OC)cc1. The number of halogens is 1. The van der Waals surface area contributed by atoms with E-state index in [0.717, 1.165) is 23.0 Å². The Labute approximate surface area is 229 Å². The lowest BCUT2D eigenvalue weighted by molar-refractivity contribution is -0.151. The predicted molar refractivity (Wildman–Crippen MR) is 145 cm³/mol. The number of esters is 1. The minimum atomic E-state index is -4.36. The van der Waals surface area contributed by atoms with Gasteiger partial charge >= 0.3 is 5.97 Å². The molecule has 0 aliphatic rings. The predicted octanol–water partition coefficient (Wildman–Crippen LogP) is 3.67. The van der Waals surface area contributed by atoms with Crippen molar-refractivity contribution in [2.75, 3.05) is 34.5 Å². The Balaban J connectivity index is 2.10. The molecule has 0 bridgehead atoms. The molecule has 1 N–H and O–H groups in total. The third-order valence-corrected chi connectivity index (χ3v) is 9.00. The molecule has 210 valence electrons. The zero-order valence-corrected chi connectivity index (χ0v) is 23.1. The largest absolute Gasteiger partial charge is 0.497 e. The zero-order valence-electron chi connectivity index (χ0n) is 22.2. The number of hydrogen-bond donors (Lipinski definition) is 1. The van der Waals surface area contributed by atoms with Crippen LogP contribution in [0.3, 0.4) is 0 Å². The van der Waals surface area contributed by atoms with Crippen LogP contribution in [0, 0.1) is 5.82 Å². The molecule has 0 heterocycles. The van der Waals surface area contributed by atoms with Crippen LogP contribution in [0.25, 0.3) is 0 Å². The summed E-state index contributed by atoms with van der Waals surface area (Å²) < 4.78 is 60.9. The number of carbonyl (C=O) groups excluding carboxylic acids is 1. The number of aliphatic hydroxyl groups excluding tert-OH is 1. The molecule has 3 aromatic carbocycles. The molecule has 2 atom stereocenters. The Morgan fingerprint density at radius 3 is 2.21 bits per heavy atom. The van der Waals surface area contributed by atoms with Gasteiger partial charge in [-0.15, -0.1) is 0 Å². The minimum absolute atomic E-state index is 0.0341. The van der Waals surface area contributed by atoms with Crippen molar-refractivity contribution in [1.82, 2.24) is 4.31 Å². The fourth-order valence-corrected chi connectivity index (χ4v) is 6.58. The summed E-state index contributed by atoms with van der Waals surface area (Å²) in [5.41, 5.74) is -0.864. The van der Waals surface area contributed by atoms with Crippen LogP contribution in [-0.4, -0.2) is 63.5 Å². The molecule has 3 aromatic rings. The monoisotopic (exact) mass is 559 g/mol. The number of carbonyl (C=O) groups is 1. The number of nitrogens with zero attached hydrogens (tertiary/aromatic N) is 1. The third kappa shape index (κ3) is 6.83. The second-order valence-electron chi connectivity index (χ2n) is 9.07. The summed E-state index contributed by atoms with van der Waals surface area (Å²) in [5, 5.41) is 8.37. The topological polar surface area (TPSA) is 102 Å². The summed E-state index contributed by atoms with van der Waals surface area (Å²) in [4.78, 5) is 13.6. The summed E-state index contributed by atoms with van der Waals surface area (Å²) in [6.07, 6.45) is -0.368. The van der Waals surface area contributed by atoms with E-state index in [4.69, 9.17) is 14.2 Å². The highest BCUT2D eigenvalue weighted by atomic mass is 32.2. The van der Waals surface area contributed by atoms with Gasteiger partial charge in [0.25, 0.3) is 0 Å². The fraction of sp³-hybridized carbons (Fsp3) is 0.345. The van der Waals surface area contributed by atoms with Gasteiger partial charge in [0.2, 0.25) is 10.0 Å². The van der Waals surface area contributed by atoms with Gasteiger partial charge in [-0.05, 0) is 35.7 Å². The maximum atomic E-state index is 15.4. The summed E-state index contributed by atoms with van der Waals surface area (Å²) in [5.74, 6) is -1.16. The van der Waals surface area contributed by atoms with Crippen LogP contribution in [0.5, 0.6) is 5.75 Å². The van der Waals surface area contributed by atoms with Crippen molar-refractivity contribution in [2.24, 2.45) is 0 Å². The summed E-state index contributed by atoms with van der Waals surface area (Å²) in [6.45, 7) is -1.07. The number of methoxy groups -OCH3 is 2. The number of benzene rings is 3.